The summed E-state index contributed by atoms with van der Waals surface area (Å²) in [5.74, 6) is -1.04. The molecule has 2 aromatic heterocycles. The van der Waals surface area contributed by atoms with E-state index >= 15 is 0 Å². The van der Waals surface area contributed by atoms with Crippen molar-refractivity contribution in [3.63, 3.8) is 0 Å². The van der Waals surface area contributed by atoms with E-state index in [2.05, 4.69) is 20.9 Å². The Morgan fingerprint density at radius 1 is 0.889 bits per heavy atom. The molecule has 0 saturated heterocycles. The summed E-state index contributed by atoms with van der Waals surface area (Å²) in [4.78, 5) is 47.8. The number of hydrogen-bond acceptors (Lipinski definition) is 8. The minimum atomic E-state index is -0.478. The SMILES string of the molecule is CC(Sc1cccc(NC(=O)/C(=C\c2ccc(N(C)C)cc2)NC(=O)c2ccccc2)c1)C(=O)Nc1nc(-c2cccs2)cs1. The fourth-order valence-corrected chi connectivity index (χ4v) is 6.56. The molecule has 0 fully saturated rings. The van der Waals surface area contributed by atoms with E-state index in [1.165, 1.54) is 23.1 Å². The highest BCUT2D eigenvalue weighted by Gasteiger charge is 2.18. The minimum Gasteiger partial charge on any atom is -0.378 e. The van der Waals surface area contributed by atoms with Crippen LogP contribution < -0.4 is 20.9 Å². The van der Waals surface area contributed by atoms with Crippen LogP contribution in [0.25, 0.3) is 16.6 Å². The highest BCUT2D eigenvalue weighted by atomic mass is 32.2. The van der Waals surface area contributed by atoms with Crippen molar-refractivity contribution in [2.45, 2.75) is 17.1 Å². The third-order valence-electron chi connectivity index (χ3n) is 6.53. The maximum atomic E-state index is 13.5. The quantitative estimate of drug-likeness (QED) is 0.101. The predicted molar refractivity (Wildman–Crippen MR) is 187 cm³/mol. The molecule has 228 valence electrons. The van der Waals surface area contributed by atoms with Crippen LogP contribution in [-0.4, -0.2) is 42.1 Å². The fraction of sp³-hybridized carbons (Fsp3) is 0.118. The van der Waals surface area contributed by atoms with Gasteiger partial charge in [-0.2, -0.15) is 0 Å². The molecule has 11 heteroatoms. The Kier molecular flexibility index (Phi) is 10.5. The smallest absolute Gasteiger partial charge is 0.272 e. The van der Waals surface area contributed by atoms with Crippen LogP contribution in [-0.2, 0) is 9.59 Å². The van der Waals surface area contributed by atoms with Crippen LogP contribution in [0.5, 0.6) is 0 Å². The molecule has 3 aromatic carbocycles. The Bertz CT molecular complexity index is 1800. The first-order chi connectivity index (χ1) is 21.7. The molecule has 5 rings (SSSR count). The average Bonchev–Trinajstić information content (AvgIpc) is 3.74. The van der Waals surface area contributed by atoms with Crippen molar-refractivity contribution in [1.29, 1.82) is 0 Å². The summed E-state index contributed by atoms with van der Waals surface area (Å²) in [6, 6.07) is 27.6. The highest BCUT2D eigenvalue weighted by Crippen LogP contribution is 2.30. The van der Waals surface area contributed by atoms with Gasteiger partial charge in [0.05, 0.1) is 15.8 Å². The fourth-order valence-electron chi connectivity index (χ4n) is 4.16. The van der Waals surface area contributed by atoms with Gasteiger partial charge in [0.1, 0.15) is 5.70 Å². The maximum Gasteiger partial charge on any atom is 0.272 e. The van der Waals surface area contributed by atoms with Crippen LogP contribution in [0.15, 0.2) is 112 Å². The normalized spacial score (nSPS) is 11.8. The number of aromatic nitrogens is 1. The number of thiophene rings is 1. The largest absolute Gasteiger partial charge is 0.378 e. The second-order valence-electron chi connectivity index (χ2n) is 10.1. The van der Waals surface area contributed by atoms with Gasteiger partial charge in [-0.1, -0.05) is 42.5 Å². The van der Waals surface area contributed by atoms with Gasteiger partial charge in [-0.15, -0.1) is 34.4 Å². The van der Waals surface area contributed by atoms with Crippen LogP contribution in [0, 0.1) is 0 Å². The maximum absolute atomic E-state index is 13.5. The molecular formula is C34H31N5O3S3. The number of nitrogens with zero attached hydrogens (tertiary/aromatic N) is 2. The Morgan fingerprint density at radius 3 is 2.38 bits per heavy atom. The molecule has 1 atom stereocenters. The molecule has 1 unspecified atom stereocenters. The summed E-state index contributed by atoms with van der Waals surface area (Å²) in [5, 5.41) is 12.6. The number of anilines is 3. The third kappa shape index (κ3) is 8.69. The summed E-state index contributed by atoms with van der Waals surface area (Å²) < 4.78 is 0. The van der Waals surface area contributed by atoms with E-state index < -0.39 is 17.1 Å². The summed E-state index contributed by atoms with van der Waals surface area (Å²) in [5.41, 5.74) is 3.67. The Hall–Kier alpha value is -4.71. The second kappa shape index (κ2) is 14.8. The molecule has 5 aromatic rings. The molecule has 0 aliphatic rings. The molecule has 3 amide bonds. The average molecular weight is 654 g/mol. The van der Waals surface area contributed by atoms with E-state index in [0.29, 0.717) is 16.4 Å². The van der Waals surface area contributed by atoms with Gasteiger partial charge < -0.3 is 20.9 Å². The van der Waals surface area contributed by atoms with Gasteiger partial charge in [0.15, 0.2) is 5.13 Å². The number of benzene rings is 3. The van der Waals surface area contributed by atoms with Gasteiger partial charge >= 0.3 is 0 Å². The summed E-state index contributed by atoms with van der Waals surface area (Å²) in [6.07, 6.45) is 1.64. The van der Waals surface area contributed by atoms with Crippen molar-refractivity contribution >= 4 is 74.7 Å². The number of thioether (sulfide) groups is 1. The lowest BCUT2D eigenvalue weighted by Gasteiger charge is -2.14. The first-order valence-corrected chi connectivity index (χ1v) is 16.6. The van der Waals surface area contributed by atoms with Crippen molar-refractivity contribution in [3.8, 4) is 10.6 Å². The highest BCUT2D eigenvalue weighted by molar-refractivity contribution is 8.00. The molecule has 8 nitrogen and oxygen atoms in total. The Morgan fingerprint density at radius 2 is 1.67 bits per heavy atom. The molecule has 45 heavy (non-hydrogen) atoms. The molecule has 0 saturated carbocycles. The van der Waals surface area contributed by atoms with Crippen LogP contribution in [0.2, 0.25) is 0 Å². The zero-order valence-corrected chi connectivity index (χ0v) is 27.3. The van der Waals surface area contributed by atoms with Gasteiger partial charge in [-0.25, -0.2) is 4.98 Å². The zero-order valence-electron chi connectivity index (χ0n) is 24.8. The van der Waals surface area contributed by atoms with Gasteiger partial charge in [0.25, 0.3) is 11.8 Å². The predicted octanol–water partition coefficient (Wildman–Crippen LogP) is 7.47. The first kappa shape index (κ1) is 31.7. The molecule has 3 N–H and O–H groups in total. The summed E-state index contributed by atoms with van der Waals surface area (Å²) in [6.45, 7) is 1.82. The lowest BCUT2D eigenvalue weighted by Crippen LogP contribution is -2.30. The molecule has 0 spiro atoms. The molecule has 0 aliphatic heterocycles. The number of carbonyl (C=O) groups excluding carboxylic acids is 3. The number of thiazole rings is 1. The standard InChI is InChI=1S/C34H31N5O3S3/c1-22(31(40)38-34-37-29(21-44-34)30-13-8-18-43-30)45-27-12-7-11-25(20-27)35-33(42)28(36-32(41)24-9-5-4-6-10-24)19-23-14-16-26(17-15-23)39(2)3/h4-22H,1-3H3,(H,35,42)(H,36,41)(H,37,38,40)/b28-19+. The van der Waals surface area contributed by atoms with E-state index in [1.807, 2.05) is 91.3 Å². The number of rotatable bonds is 11. The van der Waals surface area contributed by atoms with Gasteiger partial charge in [0, 0.05) is 41.3 Å². The van der Waals surface area contributed by atoms with Gasteiger partial charge in [0.2, 0.25) is 5.91 Å². The minimum absolute atomic E-state index is 0.0950. The summed E-state index contributed by atoms with van der Waals surface area (Å²) in [7, 11) is 3.90. The lowest BCUT2D eigenvalue weighted by molar-refractivity contribution is -0.115. The van der Waals surface area contributed by atoms with Gasteiger partial charge in [-0.3, -0.25) is 14.4 Å². The third-order valence-corrected chi connectivity index (χ3v) is 9.28. The topological polar surface area (TPSA) is 103 Å². The Balaban J connectivity index is 1.27. The molecule has 0 bridgehead atoms. The van der Waals surface area contributed by atoms with Crippen LogP contribution in [0.4, 0.5) is 16.5 Å². The number of nitrogens with one attached hydrogen (secondary N) is 3. The first-order valence-electron chi connectivity index (χ1n) is 14.0. The number of amides is 3. The van der Waals surface area contributed by atoms with Gasteiger partial charge in [-0.05, 0) is 72.5 Å². The molecule has 0 radical (unpaired) electrons. The van der Waals surface area contributed by atoms with E-state index in [1.54, 1.807) is 53.8 Å². The van der Waals surface area contributed by atoms with Crippen molar-refractivity contribution in [1.82, 2.24) is 10.3 Å². The van der Waals surface area contributed by atoms with E-state index in [0.717, 1.165) is 26.7 Å². The van der Waals surface area contributed by atoms with Crippen molar-refractivity contribution in [2.24, 2.45) is 0 Å². The zero-order chi connectivity index (χ0) is 31.8. The monoisotopic (exact) mass is 653 g/mol. The summed E-state index contributed by atoms with van der Waals surface area (Å²) >= 11 is 4.35. The lowest BCUT2D eigenvalue weighted by atomic mass is 10.1. The number of carbonyl (C=O) groups is 3. The van der Waals surface area contributed by atoms with Crippen LogP contribution >= 0.6 is 34.4 Å². The van der Waals surface area contributed by atoms with E-state index in [-0.39, 0.29) is 11.6 Å². The molecule has 2 heterocycles. The second-order valence-corrected chi connectivity index (χ2v) is 13.3. The molecule has 0 aliphatic carbocycles. The van der Waals surface area contributed by atoms with Crippen molar-refractivity contribution in [2.75, 3.05) is 29.6 Å². The van der Waals surface area contributed by atoms with Crippen molar-refractivity contribution in [3.05, 3.63) is 119 Å². The van der Waals surface area contributed by atoms with E-state index in [9.17, 15) is 14.4 Å². The van der Waals surface area contributed by atoms with Crippen molar-refractivity contribution < 1.29 is 14.4 Å². The van der Waals surface area contributed by atoms with Crippen LogP contribution in [0.3, 0.4) is 0 Å². The van der Waals surface area contributed by atoms with E-state index in [4.69, 9.17) is 0 Å². The van der Waals surface area contributed by atoms with Crippen LogP contribution in [0.1, 0.15) is 22.8 Å². The Labute approximate surface area is 274 Å². The molecular weight excluding hydrogens is 623 g/mol. The number of hydrogen-bond donors (Lipinski definition) is 3.